The molecule has 5 N–H and O–H groups in total. The van der Waals surface area contributed by atoms with Crippen LogP contribution in [0, 0.1) is 5.41 Å². The molecule has 0 saturated heterocycles. The first kappa shape index (κ1) is 19.1. The molecule has 0 aromatic carbocycles. The van der Waals surface area contributed by atoms with E-state index in [4.69, 9.17) is 21.1 Å². The van der Waals surface area contributed by atoms with Crippen LogP contribution in [0.25, 0.3) is 0 Å². The zero-order chi connectivity index (χ0) is 12.1. The molecule has 0 bridgehead atoms. The summed E-state index contributed by atoms with van der Waals surface area (Å²) in [5.41, 5.74) is 3.40. The average Bonchev–Trinajstić information content (AvgIpc) is 2.18. The fraction of sp³-hybridized carbons (Fsp3) is 1.00. The molecule has 0 aliphatic heterocycles. The molecule has 0 spiro atoms. The van der Waals surface area contributed by atoms with Crippen molar-refractivity contribution in [1.29, 1.82) is 0 Å². The molecule has 0 aromatic rings. The van der Waals surface area contributed by atoms with Crippen LogP contribution >= 0.6 is 0 Å². The predicted molar refractivity (Wildman–Crippen MR) is 50.8 cm³/mol. The molecule has 0 aliphatic rings. The van der Waals surface area contributed by atoms with Gasteiger partial charge in [0.25, 0.3) is 0 Å². The molecule has 0 radical (unpaired) electrons. The molecule has 92 valence electrons. The fourth-order valence-corrected chi connectivity index (χ4v) is 2.62. The number of rotatable bonds is 7. The van der Waals surface area contributed by atoms with Gasteiger partial charge < -0.3 is 25.6 Å². The summed E-state index contributed by atoms with van der Waals surface area (Å²) in [6.07, 6.45) is -0.215. The minimum absolute atomic E-state index is 0. The number of aliphatic hydroxyl groups is 3. The van der Waals surface area contributed by atoms with Gasteiger partial charge in [-0.2, -0.15) is 0 Å². The third kappa shape index (κ3) is 4.55. The van der Waals surface area contributed by atoms with Crippen molar-refractivity contribution in [3.8, 4) is 0 Å². The average molecular weight is 265 g/mol. The first-order valence-corrected chi connectivity index (χ1v) is 5.82. The summed E-state index contributed by atoms with van der Waals surface area (Å²) in [5.74, 6) is 0. The molecule has 0 aliphatic carbocycles. The molecule has 0 heterocycles. The number of nitrogens with two attached hydrogens (primary N) is 1. The van der Waals surface area contributed by atoms with E-state index in [1.54, 1.807) is 0 Å². The van der Waals surface area contributed by atoms with Crippen molar-refractivity contribution in [1.82, 2.24) is 0 Å². The van der Waals surface area contributed by atoms with Crippen molar-refractivity contribution in [2.45, 2.75) is 11.7 Å². The number of hydrogen-bond donors (Lipinski definition) is 4. The minimum Gasteiger partial charge on any atom is -0.748 e. The molecule has 0 amide bonds. The second-order valence-electron chi connectivity index (χ2n) is 3.40. The normalized spacial score (nSPS) is 14.3. The molecule has 0 fully saturated rings. The van der Waals surface area contributed by atoms with E-state index in [2.05, 4.69) is 0 Å². The van der Waals surface area contributed by atoms with Gasteiger partial charge in [-0.25, -0.2) is 8.42 Å². The van der Waals surface area contributed by atoms with Gasteiger partial charge in [0.1, 0.15) is 0 Å². The smallest absolute Gasteiger partial charge is 0.748 e. The molecular formula is C7H16NNaO6S. The van der Waals surface area contributed by atoms with Crippen molar-refractivity contribution in [2.75, 3.05) is 26.4 Å². The molecule has 1 unspecified atom stereocenters. The maximum atomic E-state index is 10.9. The zero-order valence-electron chi connectivity index (χ0n) is 9.16. The maximum absolute atomic E-state index is 10.9. The van der Waals surface area contributed by atoms with Crippen molar-refractivity contribution in [3.05, 3.63) is 0 Å². The van der Waals surface area contributed by atoms with Crippen LogP contribution in [0.2, 0.25) is 0 Å². The predicted octanol–water partition coefficient (Wildman–Crippen LogP) is -5.78. The van der Waals surface area contributed by atoms with E-state index >= 15 is 0 Å². The first-order chi connectivity index (χ1) is 6.87. The SMILES string of the molecule is NCCC(C(CO)(CO)CO)S(=O)(=O)[O-].[Na+]. The molecule has 16 heavy (non-hydrogen) atoms. The Hall–Kier alpha value is 0.750. The van der Waals surface area contributed by atoms with E-state index < -0.39 is 40.6 Å². The van der Waals surface area contributed by atoms with Gasteiger partial charge in [-0.3, -0.25) is 0 Å². The third-order valence-electron chi connectivity index (χ3n) is 2.41. The second kappa shape index (κ2) is 7.96. The van der Waals surface area contributed by atoms with Crippen LogP contribution in [0.4, 0.5) is 0 Å². The molecular weight excluding hydrogens is 249 g/mol. The molecule has 7 nitrogen and oxygen atoms in total. The van der Waals surface area contributed by atoms with Gasteiger partial charge in [0.15, 0.2) is 0 Å². The summed E-state index contributed by atoms with van der Waals surface area (Å²) < 4.78 is 32.7. The number of aliphatic hydroxyl groups excluding tert-OH is 3. The van der Waals surface area contributed by atoms with Gasteiger partial charge >= 0.3 is 29.6 Å². The van der Waals surface area contributed by atoms with Crippen LogP contribution in [0.1, 0.15) is 6.42 Å². The second-order valence-corrected chi connectivity index (χ2v) is 4.95. The van der Waals surface area contributed by atoms with Gasteiger partial charge in [-0.05, 0) is 13.0 Å². The van der Waals surface area contributed by atoms with E-state index in [9.17, 15) is 13.0 Å². The molecule has 0 rings (SSSR count). The monoisotopic (exact) mass is 265 g/mol. The Morgan fingerprint density at radius 3 is 1.75 bits per heavy atom. The van der Waals surface area contributed by atoms with Crippen LogP contribution < -0.4 is 35.3 Å². The molecule has 1 atom stereocenters. The summed E-state index contributed by atoms with van der Waals surface area (Å²) in [7, 11) is -4.73. The largest absolute Gasteiger partial charge is 1.00 e. The molecule has 0 aromatic heterocycles. The van der Waals surface area contributed by atoms with Crippen molar-refractivity contribution in [2.24, 2.45) is 11.1 Å². The van der Waals surface area contributed by atoms with Gasteiger partial charge in [-0.1, -0.05) is 0 Å². The van der Waals surface area contributed by atoms with Gasteiger partial charge in [-0.15, -0.1) is 0 Å². The summed E-state index contributed by atoms with van der Waals surface area (Å²) in [4.78, 5) is 0. The Kier molecular flexibility index (Phi) is 9.50. The Labute approximate surface area is 117 Å². The summed E-state index contributed by atoms with van der Waals surface area (Å²) in [5, 5.41) is 25.3. The van der Waals surface area contributed by atoms with Crippen LogP contribution in [0.15, 0.2) is 0 Å². The Bertz CT molecular complexity index is 270. The van der Waals surface area contributed by atoms with Crippen molar-refractivity contribution >= 4 is 10.1 Å². The quantitative estimate of drug-likeness (QED) is 0.265. The van der Waals surface area contributed by atoms with E-state index in [1.807, 2.05) is 0 Å². The Morgan fingerprint density at radius 1 is 1.19 bits per heavy atom. The standard InChI is InChI=1S/C7H17NO6S.Na/c8-2-1-6(15(12,13)14)7(3-9,4-10)5-11;/h6,9-11H,1-5,8H2,(H,12,13,14);/q;+1/p-1. The Morgan fingerprint density at radius 2 is 1.56 bits per heavy atom. The van der Waals surface area contributed by atoms with Crippen LogP contribution in [-0.2, 0) is 10.1 Å². The first-order valence-electron chi connectivity index (χ1n) is 4.35. The van der Waals surface area contributed by atoms with Crippen molar-refractivity contribution in [3.63, 3.8) is 0 Å². The summed E-state index contributed by atoms with van der Waals surface area (Å²) in [6.45, 7) is -2.49. The van der Waals surface area contributed by atoms with Gasteiger partial charge in [0, 0.05) is 0 Å². The molecule has 0 saturated carbocycles. The van der Waals surface area contributed by atoms with E-state index in [-0.39, 0.29) is 42.5 Å². The summed E-state index contributed by atoms with van der Waals surface area (Å²) >= 11 is 0. The van der Waals surface area contributed by atoms with E-state index in [0.717, 1.165) is 0 Å². The van der Waals surface area contributed by atoms with Crippen molar-refractivity contribution < 1.29 is 57.8 Å². The van der Waals surface area contributed by atoms with Crippen LogP contribution in [-0.4, -0.2) is 59.9 Å². The topological polar surface area (TPSA) is 144 Å². The Balaban J connectivity index is 0. The number of hydrogen-bond acceptors (Lipinski definition) is 7. The third-order valence-corrected chi connectivity index (χ3v) is 3.84. The van der Waals surface area contributed by atoms with Crippen LogP contribution in [0.5, 0.6) is 0 Å². The zero-order valence-corrected chi connectivity index (χ0v) is 12.0. The molecule has 9 heteroatoms. The summed E-state index contributed by atoms with van der Waals surface area (Å²) in [6, 6.07) is 0. The van der Waals surface area contributed by atoms with Gasteiger partial charge in [0.2, 0.25) is 0 Å². The van der Waals surface area contributed by atoms with Crippen LogP contribution in [0.3, 0.4) is 0 Å². The van der Waals surface area contributed by atoms with E-state index in [0.29, 0.717) is 0 Å². The maximum Gasteiger partial charge on any atom is 1.00 e. The fourth-order valence-electron chi connectivity index (χ4n) is 1.36. The van der Waals surface area contributed by atoms with Gasteiger partial charge in [0.05, 0.1) is 40.6 Å². The minimum atomic E-state index is -4.73. The van der Waals surface area contributed by atoms with E-state index in [1.165, 1.54) is 0 Å².